The molecule has 0 aliphatic carbocycles. The highest BCUT2D eigenvalue weighted by Gasteiger charge is 2.30. The van der Waals surface area contributed by atoms with Gasteiger partial charge in [-0.05, 0) is 43.7 Å². The molecule has 0 aromatic heterocycles. The summed E-state index contributed by atoms with van der Waals surface area (Å²) in [5.74, 6) is 0.171. The van der Waals surface area contributed by atoms with Crippen LogP contribution in [-0.4, -0.2) is 54.8 Å². The Hall–Kier alpha value is -1.80. The number of hydrogen-bond donors (Lipinski definition) is 2. The zero-order valence-corrected chi connectivity index (χ0v) is 14.1. The van der Waals surface area contributed by atoms with Crippen LogP contribution in [0.1, 0.15) is 24.8 Å². The molecule has 2 atom stereocenters. The normalized spacial score (nSPS) is 18.8. The predicted molar refractivity (Wildman–Crippen MR) is 86.2 cm³/mol. The SMILES string of the molecule is CN(CC(O)COc1ccc(C(F)(F)F)cc1)C(=O)CC1CCCN1. The summed E-state index contributed by atoms with van der Waals surface area (Å²) in [6.45, 7) is 0.919. The Balaban J connectivity index is 1.74. The lowest BCUT2D eigenvalue weighted by molar-refractivity contribution is -0.137. The van der Waals surface area contributed by atoms with E-state index in [1.807, 2.05) is 0 Å². The molecule has 1 aromatic rings. The van der Waals surface area contributed by atoms with Gasteiger partial charge in [0.2, 0.25) is 5.91 Å². The number of ether oxygens (including phenoxy) is 1. The first-order valence-electron chi connectivity index (χ1n) is 8.21. The molecular weight excluding hydrogens is 337 g/mol. The fourth-order valence-corrected chi connectivity index (χ4v) is 2.70. The van der Waals surface area contributed by atoms with Crippen LogP contribution in [0.2, 0.25) is 0 Å². The quantitative estimate of drug-likeness (QED) is 0.781. The fraction of sp³-hybridized carbons (Fsp3) is 0.588. The summed E-state index contributed by atoms with van der Waals surface area (Å²) in [6.07, 6.45) is -2.89. The molecule has 0 bridgehead atoms. The van der Waals surface area contributed by atoms with E-state index < -0.39 is 17.8 Å². The first-order valence-corrected chi connectivity index (χ1v) is 8.21. The number of nitrogens with zero attached hydrogens (tertiary/aromatic N) is 1. The van der Waals surface area contributed by atoms with E-state index in [9.17, 15) is 23.1 Å². The van der Waals surface area contributed by atoms with Crippen LogP contribution in [0.4, 0.5) is 13.2 Å². The largest absolute Gasteiger partial charge is 0.491 e. The molecule has 25 heavy (non-hydrogen) atoms. The highest BCUT2D eigenvalue weighted by Crippen LogP contribution is 2.30. The van der Waals surface area contributed by atoms with Gasteiger partial charge in [0, 0.05) is 26.1 Å². The maximum absolute atomic E-state index is 12.5. The minimum Gasteiger partial charge on any atom is -0.491 e. The molecule has 1 fully saturated rings. The topological polar surface area (TPSA) is 61.8 Å². The van der Waals surface area contributed by atoms with Gasteiger partial charge in [-0.15, -0.1) is 0 Å². The van der Waals surface area contributed by atoms with Gasteiger partial charge in [0.15, 0.2) is 0 Å². The van der Waals surface area contributed by atoms with E-state index in [4.69, 9.17) is 4.74 Å². The summed E-state index contributed by atoms with van der Waals surface area (Å²) in [7, 11) is 1.61. The van der Waals surface area contributed by atoms with Crippen molar-refractivity contribution in [2.45, 2.75) is 37.6 Å². The van der Waals surface area contributed by atoms with Crippen LogP contribution in [0.25, 0.3) is 0 Å². The number of likely N-dealkylation sites (N-methyl/N-ethyl adjacent to an activating group) is 1. The number of aliphatic hydroxyl groups excluding tert-OH is 1. The van der Waals surface area contributed by atoms with E-state index in [0.29, 0.717) is 6.42 Å². The second-order valence-corrected chi connectivity index (χ2v) is 6.26. The molecule has 140 valence electrons. The molecule has 1 amide bonds. The second-order valence-electron chi connectivity index (χ2n) is 6.26. The molecule has 8 heteroatoms. The van der Waals surface area contributed by atoms with Crippen LogP contribution < -0.4 is 10.1 Å². The smallest absolute Gasteiger partial charge is 0.416 e. The molecule has 1 aliphatic heterocycles. The van der Waals surface area contributed by atoms with Crippen molar-refractivity contribution in [2.24, 2.45) is 0 Å². The molecule has 0 spiro atoms. The molecule has 0 saturated carbocycles. The third-order valence-corrected chi connectivity index (χ3v) is 4.12. The Bertz CT molecular complexity index is 557. The number of carbonyl (C=O) groups is 1. The van der Waals surface area contributed by atoms with Gasteiger partial charge >= 0.3 is 6.18 Å². The first-order chi connectivity index (χ1) is 11.8. The number of alkyl halides is 3. The number of aliphatic hydroxyl groups is 1. The molecule has 1 saturated heterocycles. The van der Waals surface area contributed by atoms with Crippen molar-refractivity contribution in [1.82, 2.24) is 10.2 Å². The average Bonchev–Trinajstić information content (AvgIpc) is 3.05. The van der Waals surface area contributed by atoms with Crippen molar-refractivity contribution in [3.63, 3.8) is 0 Å². The Morgan fingerprint density at radius 3 is 2.64 bits per heavy atom. The van der Waals surface area contributed by atoms with Gasteiger partial charge in [0.1, 0.15) is 18.5 Å². The lowest BCUT2D eigenvalue weighted by atomic mass is 10.1. The molecule has 2 N–H and O–H groups in total. The third kappa shape index (κ3) is 6.21. The van der Waals surface area contributed by atoms with Gasteiger partial charge in [-0.25, -0.2) is 0 Å². The van der Waals surface area contributed by atoms with Crippen molar-refractivity contribution in [3.8, 4) is 5.75 Å². The minimum absolute atomic E-state index is 0.0621. The molecule has 1 heterocycles. The Morgan fingerprint density at radius 1 is 1.40 bits per heavy atom. The van der Waals surface area contributed by atoms with Gasteiger partial charge in [-0.1, -0.05) is 0 Å². The van der Waals surface area contributed by atoms with Gasteiger partial charge in [0.05, 0.1) is 5.56 Å². The third-order valence-electron chi connectivity index (χ3n) is 4.12. The second kappa shape index (κ2) is 8.53. The number of carbonyl (C=O) groups excluding carboxylic acids is 1. The van der Waals surface area contributed by atoms with Crippen LogP contribution in [0.3, 0.4) is 0 Å². The monoisotopic (exact) mass is 360 g/mol. The van der Waals surface area contributed by atoms with Crippen LogP contribution in [-0.2, 0) is 11.0 Å². The lowest BCUT2D eigenvalue weighted by Gasteiger charge is -2.22. The van der Waals surface area contributed by atoms with Crippen molar-refractivity contribution < 1.29 is 27.8 Å². The maximum Gasteiger partial charge on any atom is 0.416 e. The number of halogens is 3. The minimum atomic E-state index is -4.39. The average molecular weight is 360 g/mol. The summed E-state index contributed by atoms with van der Waals surface area (Å²) in [6, 6.07) is 4.44. The summed E-state index contributed by atoms with van der Waals surface area (Å²) in [5.41, 5.74) is -0.758. The van der Waals surface area contributed by atoms with Gasteiger partial charge in [0.25, 0.3) is 0 Å². The van der Waals surface area contributed by atoms with E-state index >= 15 is 0 Å². The van der Waals surface area contributed by atoms with Gasteiger partial charge < -0.3 is 20.1 Å². The van der Waals surface area contributed by atoms with Crippen molar-refractivity contribution >= 4 is 5.91 Å². The Kier molecular flexibility index (Phi) is 6.66. The summed E-state index contributed by atoms with van der Waals surface area (Å²) in [5, 5.41) is 13.2. The van der Waals surface area contributed by atoms with Crippen LogP contribution in [0.15, 0.2) is 24.3 Å². The van der Waals surface area contributed by atoms with E-state index in [1.165, 1.54) is 17.0 Å². The molecule has 1 aliphatic rings. The van der Waals surface area contributed by atoms with E-state index in [1.54, 1.807) is 7.05 Å². The number of nitrogens with one attached hydrogen (secondary N) is 1. The zero-order valence-electron chi connectivity index (χ0n) is 14.1. The summed E-state index contributed by atoms with van der Waals surface area (Å²) in [4.78, 5) is 13.5. The first kappa shape index (κ1) is 19.5. The molecule has 0 radical (unpaired) electrons. The van der Waals surface area contributed by atoms with Crippen molar-refractivity contribution in [3.05, 3.63) is 29.8 Å². The van der Waals surface area contributed by atoms with Crippen LogP contribution in [0.5, 0.6) is 5.75 Å². The van der Waals surface area contributed by atoms with E-state index in [0.717, 1.165) is 31.5 Å². The van der Waals surface area contributed by atoms with E-state index in [2.05, 4.69) is 5.32 Å². The van der Waals surface area contributed by atoms with Crippen LogP contribution in [0, 0.1) is 0 Å². The number of benzene rings is 1. The molecule has 2 unspecified atom stereocenters. The Morgan fingerprint density at radius 2 is 2.08 bits per heavy atom. The highest BCUT2D eigenvalue weighted by molar-refractivity contribution is 5.76. The lowest BCUT2D eigenvalue weighted by Crippen LogP contribution is -2.39. The van der Waals surface area contributed by atoms with Crippen LogP contribution >= 0.6 is 0 Å². The number of hydrogen-bond acceptors (Lipinski definition) is 4. The summed E-state index contributed by atoms with van der Waals surface area (Å²) < 4.78 is 42.7. The molecular formula is C17H23F3N2O3. The van der Waals surface area contributed by atoms with Gasteiger partial charge in [-0.3, -0.25) is 4.79 Å². The molecule has 5 nitrogen and oxygen atoms in total. The standard InChI is InChI=1S/C17H23F3N2O3/c1-22(16(24)9-13-3-2-8-21-13)10-14(23)11-25-15-6-4-12(5-7-15)17(18,19)20/h4-7,13-14,21,23H,2-3,8-11H2,1H3. The van der Waals surface area contributed by atoms with Gasteiger partial charge in [-0.2, -0.15) is 13.2 Å². The fourth-order valence-electron chi connectivity index (χ4n) is 2.70. The summed E-state index contributed by atoms with van der Waals surface area (Å²) >= 11 is 0. The van der Waals surface area contributed by atoms with E-state index in [-0.39, 0.29) is 30.9 Å². The number of amides is 1. The zero-order chi connectivity index (χ0) is 18.4. The number of rotatable bonds is 7. The molecule has 2 rings (SSSR count). The predicted octanol–water partition coefficient (Wildman–Crippen LogP) is 2.05. The highest BCUT2D eigenvalue weighted by atomic mass is 19.4. The maximum atomic E-state index is 12.5. The van der Waals surface area contributed by atoms with Crippen molar-refractivity contribution in [1.29, 1.82) is 0 Å². The van der Waals surface area contributed by atoms with Crippen molar-refractivity contribution in [2.75, 3.05) is 26.7 Å². The Labute approximate surface area is 144 Å². The molecule has 1 aromatic carbocycles.